The van der Waals surface area contributed by atoms with Gasteiger partial charge in [-0.05, 0) is 18.6 Å². The SMILES string of the molecule is Cc1cccc(Cn2nccc2NC(=O)Cn2c(-c3ncccn3)noc2=O)c1. The average molecular weight is 391 g/mol. The van der Waals surface area contributed by atoms with E-state index in [0.717, 1.165) is 15.7 Å². The second-order valence-corrected chi connectivity index (χ2v) is 6.34. The average Bonchev–Trinajstić information content (AvgIpc) is 3.29. The Labute approximate surface area is 164 Å². The maximum Gasteiger partial charge on any atom is 0.442 e. The Hall–Kier alpha value is -4.08. The first-order valence-corrected chi connectivity index (χ1v) is 8.81. The molecule has 0 unspecified atom stereocenters. The summed E-state index contributed by atoms with van der Waals surface area (Å²) in [6.45, 7) is 2.21. The van der Waals surface area contributed by atoms with Gasteiger partial charge in [0.2, 0.25) is 11.7 Å². The summed E-state index contributed by atoms with van der Waals surface area (Å²) in [5.41, 5.74) is 2.20. The summed E-state index contributed by atoms with van der Waals surface area (Å²) in [5.74, 6) is -0.414. The molecule has 0 spiro atoms. The van der Waals surface area contributed by atoms with Gasteiger partial charge < -0.3 is 5.32 Å². The first-order chi connectivity index (χ1) is 14.1. The quantitative estimate of drug-likeness (QED) is 0.528. The molecule has 0 aliphatic carbocycles. The van der Waals surface area contributed by atoms with Crippen LogP contribution in [-0.2, 0) is 17.9 Å². The van der Waals surface area contributed by atoms with Crippen LogP contribution in [0.15, 0.2) is 64.3 Å². The molecule has 0 bridgehead atoms. The maximum atomic E-state index is 12.6. The molecular formula is C19H17N7O3. The lowest BCUT2D eigenvalue weighted by atomic mass is 10.1. The minimum Gasteiger partial charge on any atom is -0.309 e. The van der Waals surface area contributed by atoms with E-state index in [1.54, 1.807) is 23.0 Å². The number of hydrogen-bond acceptors (Lipinski definition) is 7. The van der Waals surface area contributed by atoms with E-state index in [-0.39, 0.29) is 18.2 Å². The molecule has 0 atom stereocenters. The molecule has 0 saturated carbocycles. The monoisotopic (exact) mass is 391 g/mol. The molecule has 3 aromatic heterocycles. The van der Waals surface area contributed by atoms with Crippen molar-refractivity contribution in [2.24, 2.45) is 0 Å². The summed E-state index contributed by atoms with van der Waals surface area (Å²) in [4.78, 5) is 32.6. The molecular weight excluding hydrogens is 374 g/mol. The standard InChI is InChI=1S/C19H17N7O3/c1-13-4-2-5-14(10-13)11-26-15(6-9-22-26)23-16(27)12-25-18(24-29-19(25)28)17-20-7-3-8-21-17/h2-10H,11-12H2,1H3,(H,23,27). The van der Waals surface area contributed by atoms with Crippen LogP contribution in [0.25, 0.3) is 11.6 Å². The molecule has 10 heteroatoms. The first-order valence-electron chi connectivity index (χ1n) is 8.81. The number of rotatable bonds is 6. The largest absolute Gasteiger partial charge is 0.442 e. The fourth-order valence-electron chi connectivity index (χ4n) is 2.86. The minimum absolute atomic E-state index is 0.0824. The highest BCUT2D eigenvalue weighted by atomic mass is 16.5. The van der Waals surface area contributed by atoms with Crippen LogP contribution in [0.5, 0.6) is 0 Å². The molecule has 1 N–H and O–H groups in total. The molecule has 29 heavy (non-hydrogen) atoms. The van der Waals surface area contributed by atoms with Gasteiger partial charge in [-0.1, -0.05) is 35.0 Å². The third-order valence-corrected chi connectivity index (χ3v) is 4.15. The van der Waals surface area contributed by atoms with Crippen LogP contribution in [0, 0.1) is 6.92 Å². The molecule has 0 fully saturated rings. The number of amides is 1. The van der Waals surface area contributed by atoms with Crippen LogP contribution >= 0.6 is 0 Å². The molecule has 0 saturated heterocycles. The number of benzene rings is 1. The van der Waals surface area contributed by atoms with Crippen molar-refractivity contribution in [1.82, 2.24) is 29.5 Å². The van der Waals surface area contributed by atoms with E-state index in [1.807, 2.05) is 25.1 Å². The molecule has 10 nitrogen and oxygen atoms in total. The van der Waals surface area contributed by atoms with E-state index in [1.165, 1.54) is 12.4 Å². The minimum atomic E-state index is -0.768. The second-order valence-electron chi connectivity index (χ2n) is 6.34. The molecule has 0 radical (unpaired) electrons. The van der Waals surface area contributed by atoms with Crippen molar-refractivity contribution in [3.8, 4) is 11.6 Å². The van der Waals surface area contributed by atoms with E-state index in [4.69, 9.17) is 0 Å². The Bertz CT molecular complexity index is 1190. The lowest BCUT2D eigenvalue weighted by Crippen LogP contribution is -2.26. The van der Waals surface area contributed by atoms with Crippen LogP contribution in [0.1, 0.15) is 11.1 Å². The zero-order chi connectivity index (χ0) is 20.2. The lowest BCUT2D eigenvalue weighted by molar-refractivity contribution is -0.116. The fourth-order valence-corrected chi connectivity index (χ4v) is 2.86. The number of aromatic nitrogens is 6. The van der Waals surface area contributed by atoms with Crippen LogP contribution in [0.4, 0.5) is 5.82 Å². The van der Waals surface area contributed by atoms with Gasteiger partial charge in [0.1, 0.15) is 12.4 Å². The highest BCUT2D eigenvalue weighted by molar-refractivity contribution is 5.89. The lowest BCUT2D eigenvalue weighted by Gasteiger charge is -2.10. The highest BCUT2D eigenvalue weighted by Crippen LogP contribution is 2.13. The molecule has 146 valence electrons. The highest BCUT2D eigenvalue weighted by Gasteiger charge is 2.18. The van der Waals surface area contributed by atoms with Crippen LogP contribution in [0.2, 0.25) is 0 Å². The van der Waals surface area contributed by atoms with E-state index >= 15 is 0 Å². The summed E-state index contributed by atoms with van der Waals surface area (Å²) in [7, 11) is 0. The van der Waals surface area contributed by atoms with Gasteiger partial charge in [-0.15, -0.1) is 0 Å². The second kappa shape index (κ2) is 7.89. The predicted molar refractivity (Wildman–Crippen MR) is 103 cm³/mol. The number of hydrogen-bond donors (Lipinski definition) is 1. The number of anilines is 1. The van der Waals surface area contributed by atoms with Crippen molar-refractivity contribution < 1.29 is 9.32 Å². The third-order valence-electron chi connectivity index (χ3n) is 4.15. The molecule has 1 aromatic carbocycles. The van der Waals surface area contributed by atoms with Crippen LogP contribution in [0.3, 0.4) is 0 Å². The van der Waals surface area contributed by atoms with Crippen molar-refractivity contribution in [3.05, 3.63) is 76.7 Å². The normalized spacial score (nSPS) is 10.8. The van der Waals surface area contributed by atoms with Gasteiger partial charge in [0.05, 0.1) is 12.7 Å². The van der Waals surface area contributed by atoms with Gasteiger partial charge in [-0.25, -0.2) is 24.0 Å². The predicted octanol–water partition coefficient (Wildman–Crippen LogP) is 1.49. The number of nitrogens with zero attached hydrogens (tertiary/aromatic N) is 6. The van der Waals surface area contributed by atoms with Gasteiger partial charge in [0.15, 0.2) is 5.82 Å². The van der Waals surface area contributed by atoms with Gasteiger partial charge in [0.25, 0.3) is 0 Å². The van der Waals surface area contributed by atoms with E-state index in [9.17, 15) is 9.59 Å². The van der Waals surface area contributed by atoms with E-state index in [0.29, 0.717) is 12.4 Å². The molecule has 4 rings (SSSR count). The first kappa shape index (κ1) is 18.3. The Morgan fingerprint density at radius 1 is 1.14 bits per heavy atom. The third kappa shape index (κ3) is 4.10. The van der Waals surface area contributed by atoms with Crippen molar-refractivity contribution in [2.75, 3.05) is 5.32 Å². The Balaban J connectivity index is 1.50. The van der Waals surface area contributed by atoms with Crippen LogP contribution in [-0.4, -0.2) is 35.4 Å². The van der Waals surface area contributed by atoms with Crippen LogP contribution < -0.4 is 11.1 Å². The van der Waals surface area contributed by atoms with Crippen molar-refractivity contribution >= 4 is 11.7 Å². The molecule has 4 aromatic rings. The van der Waals surface area contributed by atoms with Crippen molar-refractivity contribution in [2.45, 2.75) is 20.0 Å². The zero-order valence-corrected chi connectivity index (χ0v) is 15.5. The molecule has 0 aliphatic rings. The summed E-state index contributed by atoms with van der Waals surface area (Å²) < 4.78 is 7.43. The zero-order valence-electron chi connectivity index (χ0n) is 15.5. The number of nitrogens with one attached hydrogen (secondary N) is 1. The van der Waals surface area contributed by atoms with E-state index < -0.39 is 11.7 Å². The van der Waals surface area contributed by atoms with Gasteiger partial charge in [0, 0.05) is 18.5 Å². The van der Waals surface area contributed by atoms with Crippen molar-refractivity contribution in [3.63, 3.8) is 0 Å². The molecule has 3 heterocycles. The topological polar surface area (TPSA) is 121 Å². The Morgan fingerprint density at radius 3 is 2.76 bits per heavy atom. The number of carbonyl (C=O) groups excluding carboxylic acids is 1. The van der Waals surface area contributed by atoms with Gasteiger partial charge >= 0.3 is 5.76 Å². The Kier molecular flexibility index (Phi) is 4.97. The molecule has 1 amide bonds. The summed E-state index contributed by atoms with van der Waals surface area (Å²) in [6, 6.07) is 11.3. The summed E-state index contributed by atoms with van der Waals surface area (Å²) in [5, 5.41) is 10.7. The summed E-state index contributed by atoms with van der Waals surface area (Å²) in [6.07, 6.45) is 4.62. The number of aryl methyl sites for hydroxylation is 1. The van der Waals surface area contributed by atoms with E-state index in [2.05, 4.69) is 36.1 Å². The maximum absolute atomic E-state index is 12.6. The number of carbonyl (C=O) groups is 1. The van der Waals surface area contributed by atoms with Crippen molar-refractivity contribution in [1.29, 1.82) is 0 Å². The Morgan fingerprint density at radius 2 is 1.97 bits per heavy atom. The van der Waals surface area contributed by atoms with Gasteiger partial charge in [-0.2, -0.15) is 5.10 Å². The summed E-state index contributed by atoms with van der Waals surface area (Å²) >= 11 is 0. The van der Waals surface area contributed by atoms with Gasteiger partial charge in [-0.3, -0.25) is 9.32 Å². The fraction of sp³-hybridized carbons (Fsp3) is 0.158. The molecule has 0 aliphatic heterocycles. The smallest absolute Gasteiger partial charge is 0.309 e.